The van der Waals surface area contributed by atoms with Crippen molar-refractivity contribution < 1.29 is 0 Å². The third-order valence-electron chi connectivity index (χ3n) is 3.34. The average molecular weight is 284 g/mol. The zero-order valence-corrected chi connectivity index (χ0v) is 11.9. The van der Waals surface area contributed by atoms with Crippen LogP contribution < -0.4 is 5.32 Å². The smallest absolute Gasteiger partial charge is 0.0908 e. The van der Waals surface area contributed by atoms with E-state index < -0.39 is 0 Å². The Morgan fingerprint density at radius 1 is 1.15 bits per heavy atom. The Labute approximate surface area is 122 Å². The van der Waals surface area contributed by atoms with E-state index in [0.29, 0.717) is 5.02 Å². The number of rotatable bonds is 3. The van der Waals surface area contributed by atoms with Crippen LogP contribution in [0.2, 0.25) is 5.02 Å². The molecule has 1 N–H and O–H groups in total. The third kappa shape index (κ3) is 2.45. The Morgan fingerprint density at radius 3 is 2.90 bits per heavy atom. The van der Waals surface area contributed by atoms with Crippen molar-refractivity contribution in [3.05, 3.63) is 65.1 Å². The summed E-state index contributed by atoms with van der Waals surface area (Å²) in [5.74, 6) is 0. The minimum absolute atomic E-state index is 0.670. The van der Waals surface area contributed by atoms with E-state index in [1.54, 1.807) is 12.4 Å². The number of aromatic nitrogens is 2. The summed E-state index contributed by atoms with van der Waals surface area (Å²) in [6.07, 6.45) is 5.45. The van der Waals surface area contributed by atoms with Crippen LogP contribution in [0.3, 0.4) is 0 Å². The molecule has 3 nitrogen and oxygen atoms in total. The van der Waals surface area contributed by atoms with Crippen LogP contribution in [0.4, 0.5) is 5.69 Å². The first-order valence-corrected chi connectivity index (χ1v) is 6.80. The maximum absolute atomic E-state index is 6.17. The fraction of sp³-hybridized carbons (Fsp3) is 0.125. The molecule has 0 atom stereocenters. The van der Waals surface area contributed by atoms with Crippen LogP contribution in [0.25, 0.3) is 10.9 Å². The van der Waals surface area contributed by atoms with Crippen molar-refractivity contribution in [2.24, 2.45) is 0 Å². The van der Waals surface area contributed by atoms with E-state index in [-0.39, 0.29) is 0 Å². The number of benzene rings is 1. The molecule has 0 aliphatic heterocycles. The van der Waals surface area contributed by atoms with Gasteiger partial charge in [-0.25, -0.2) is 0 Å². The minimum Gasteiger partial charge on any atom is -0.380 e. The summed E-state index contributed by atoms with van der Waals surface area (Å²) in [7, 11) is 0. The molecule has 0 radical (unpaired) electrons. The molecule has 3 rings (SSSR count). The normalized spacial score (nSPS) is 10.7. The van der Waals surface area contributed by atoms with Gasteiger partial charge in [0.2, 0.25) is 0 Å². The summed E-state index contributed by atoms with van der Waals surface area (Å²) in [5.41, 5.74) is 4.26. The van der Waals surface area contributed by atoms with Crippen LogP contribution >= 0.6 is 11.6 Å². The number of nitrogens with zero attached hydrogens (tertiary/aromatic N) is 2. The summed E-state index contributed by atoms with van der Waals surface area (Å²) in [5, 5.41) is 5.13. The Bertz CT molecular complexity index is 756. The first-order chi connectivity index (χ1) is 9.75. The number of nitrogens with one attached hydrogen (secondary N) is 1. The Hall–Kier alpha value is -2.13. The highest BCUT2D eigenvalue weighted by atomic mass is 35.5. The van der Waals surface area contributed by atoms with Crippen LogP contribution in [-0.2, 0) is 6.54 Å². The molecule has 20 heavy (non-hydrogen) atoms. The standard InChI is InChI=1S/C16H14ClN3/c1-11-6-8-18-9-12(11)10-20-15-5-4-14(17)16-13(15)3-2-7-19-16/h2-9,20H,10H2,1H3. The maximum Gasteiger partial charge on any atom is 0.0908 e. The summed E-state index contributed by atoms with van der Waals surface area (Å²) in [4.78, 5) is 8.49. The van der Waals surface area contributed by atoms with Gasteiger partial charge in [-0.15, -0.1) is 0 Å². The molecule has 0 unspecified atom stereocenters. The van der Waals surface area contributed by atoms with Crippen molar-refractivity contribution in [1.82, 2.24) is 9.97 Å². The van der Waals surface area contributed by atoms with E-state index in [1.807, 2.05) is 36.5 Å². The molecule has 0 aliphatic rings. The molecule has 0 saturated carbocycles. The van der Waals surface area contributed by atoms with Crippen LogP contribution in [0.15, 0.2) is 48.9 Å². The monoisotopic (exact) mass is 283 g/mol. The number of aryl methyl sites for hydroxylation is 1. The fourth-order valence-electron chi connectivity index (χ4n) is 2.16. The first-order valence-electron chi connectivity index (χ1n) is 6.42. The van der Waals surface area contributed by atoms with Gasteiger partial charge in [-0.2, -0.15) is 0 Å². The molecule has 0 bridgehead atoms. The zero-order chi connectivity index (χ0) is 13.9. The lowest BCUT2D eigenvalue weighted by Gasteiger charge is -2.11. The van der Waals surface area contributed by atoms with E-state index in [0.717, 1.165) is 23.1 Å². The van der Waals surface area contributed by atoms with Crippen molar-refractivity contribution in [3.8, 4) is 0 Å². The Balaban J connectivity index is 1.92. The third-order valence-corrected chi connectivity index (χ3v) is 3.64. The van der Waals surface area contributed by atoms with Gasteiger partial charge in [0.1, 0.15) is 0 Å². The molecular weight excluding hydrogens is 270 g/mol. The van der Waals surface area contributed by atoms with Gasteiger partial charge in [0, 0.05) is 36.2 Å². The second-order valence-electron chi connectivity index (χ2n) is 4.65. The largest absolute Gasteiger partial charge is 0.380 e. The van der Waals surface area contributed by atoms with E-state index in [9.17, 15) is 0 Å². The lowest BCUT2D eigenvalue weighted by Crippen LogP contribution is -2.02. The van der Waals surface area contributed by atoms with Gasteiger partial charge in [-0.3, -0.25) is 9.97 Å². The summed E-state index contributed by atoms with van der Waals surface area (Å²) in [6.45, 7) is 2.81. The molecule has 0 fully saturated rings. The van der Waals surface area contributed by atoms with Crippen molar-refractivity contribution >= 4 is 28.2 Å². The number of halogens is 1. The topological polar surface area (TPSA) is 37.8 Å². The van der Waals surface area contributed by atoms with Crippen molar-refractivity contribution in [1.29, 1.82) is 0 Å². The van der Waals surface area contributed by atoms with E-state index in [2.05, 4.69) is 22.2 Å². The number of hydrogen-bond acceptors (Lipinski definition) is 3. The van der Waals surface area contributed by atoms with E-state index in [4.69, 9.17) is 11.6 Å². The SMILES string of the molecule is Cc1ccncc1CNc1ccc(Cl)c2ncccc12. The highest BCUT2D eigenvalue weighted by molar-refractivity contribution is 6.35. The Morgan fingerprint density at radius 2 is 2.05 bits per heavy atom. The molecule has 2 heterocycles. The maximum atomic E-state index is 6.17. The zero-order valence-electron chi connectivity index (χ0n) is 11.1. The molecule has 0 spiro atoms. The van der Waals surface area contributed by atoms with Gasteiger partial charge in [-0.05, 0) is 48.4 Å². The van der Waals surface area contributed by atoms with Gasteiger partial charge in [0.15, 0.2) is 0 Å². The molecule has 0 amide bonds. The van der Waals surface area contributed by atoms with E-state index >= 15 is 0 Å². The molecule has 4 heteroatoms. The van der Waals surface area contributed by atoms with Crippen molar-refractivity contribution in [3.63, 3.8) is 0 Å². The van der Waals surface area contributed by atoms with E-state index in [1.165, 1.54) is 11.1 Å². The van der Waals surface area contributed by atoms with Crippen LogP contribution in [-0.4, -0.2) is 9.97 Å². The lowest BCUT2D eigenvalue weighted by atomic mass is 10.1. The number of pyridine rings is 2. The van der Waals surface area contributed by atoms with Gasteiger partial charge in [-0.1, -0.05) is 11.6 Å². The van der Waals surface area contributed by atoms with Gasteiger partial charge >= 0.3 is 0 Å². The highest BCUT2D eigenvalue weighted by Gasteiger charge is 2.05. The summed E-state index contributed by atoms with van der Waals surface area (Å²) >= 11 is 6.17. The molecule has 2 aromatic heterocycles. The molecule has 3 aromatic rings. The second-order valence-corrected chi connectivity index (χ2v) is 5.06. The van der Waals surface area contributed by atoms with Gasteiger partial charge in [0.25, 0.3) is 0 Å². The second kappa shape index (κ2) is 5.47. The van der Waals surface area contributed by atoms with Crippen molar-refractivity contribution in [2.75, 3.05) is 5.32 Å². The van der Waals surface area contributed by atoms with Crippen LogP contribution in [0, 0.1) is 6.92 Å². The fourth-order valence-corrected chi connectivity index (χ4v) is 2.38. The first kappa shape index (κ1) is 12.9. The molecular formula is C16H14ClN3. The molecule has 0 saturated heterocycles. The Kier molecular flexibility index (Phi) is 3.52. The highest BCUT2D eigenvalue weighted by Crippen LogP contribution is 2.28. The van der Waals surface area contributed by atoms with Crippen molar-refractivity contribution in [2.45, 2.75) is 13.5 Å². The average Bonchev–Trinajstić information content (AvgIpc) is 2.48. The van der Waals surface area contributed by atoms with Gasteiger partial charge < -0.3 is 5.32 Å². The lowest BCUT2D eigenvalue weighted by molar-refractivity contribution is 1.08. The number of fused-ring (bicyclic) bond motifs is 1. The van der Waals surface area contributed by atoms with Gasteiger partial charge in [0.05, 0.1) is 10.5 Å². The molecule has 0 aliphatic carbocycles. The predicted octanol–water partition coefficient (Wildman–Crippen LogP) is 4.20. The number of anilines is 1. The van der Waals surface area contributed by atoms with Crippen LogP contribution in [0.1, 0.15) is 11.1 Å². The predicted molar refractivity (Wildman–Crippen MR) is 83.1 cm³/mol. The number of hydrogen-bond donors (Lipinski definition) is 1. The summed E-state index contributed by atoms with van der Waals surface area (Å²) in [6, 6.07) is 9.80. The quantitative estimate of drug-likeness (QED) is 0.783. The van der Waals surface area contributed by atoms with Crippen LogP contribution in [0.5, 0.6) is 0 Å². The molecule has 1 aromatic carbocycles. The summed E-state index contributed by atoms with van der Waals surface area (Å²) < 4.78 is 0. The molecule has 100 valence electrons. The minimum atomic E-state index is 0.670.